The Morgan fingerprint density at radius 3 is 2.59 bits per heavy atom. The number of aliphatic hydroxyl groups is 3. The molecule has 2 rings (SSSR count). The van der Waals surface area contributed by atoms with Gasteiger partial charge in [-0.15, -0.1) is 0 Å². The van der Waals surface area contributed by atoms with Gasteiger partial charge in [-0.05, 0) is 0 Å². The van der Waals surface area contributed by atoms with Crippen molar-refractivity contribution in [2.24, 2.45) is 5.92 Å². The van der Waals surface area contributed by atoms with Crippen molar-refractivity contribution in [3.63, 3.8) is 0 Å². The Morgan fingerprint density at radius 2 is 2.05 bits per heavy atom. The molecule has 0 saturated carbocycles. The monoisotopic (exact) mass is 316 g/mol. The van der Waals surface area contributed by atoms with Gasteiger partial charge in [0.05, 0.1) is 12.5 Å². The average Bonchev–Trinajstić information content (AvgIpc) is 2.74. The molecule has 2 fully saturated rings. The van der Waals surface area contributed by atoms with E-state index in [1.807, 2.05) is 5.32 Å². The summed E-state index contributed by atoms with van der Waals surface area (Å²) in [6.07, 6.45) is -3.26. The fourth-order valence-electron chi connectivity index (χ4n) is 2.35. The number of carboxylic acid groups (broad SMARTS) is 1. The maximum atomic E-state index is 11.8. The van der Waals surface area contributed by atoms with Gasteiger partial charge in [0.1, 0.15) is 18.3 Å². The van der Waals surface area contributed by atoms with Crippen molar-refractivity contribution in [2.75, 3.05) is 13.2 Å². The van der Waals surface area contributed by atoms with E-state index in [-0.39, 0.29) is 6.54 Å². The third-order valence-corrected chi connectivity index (χ3v) is 3.52. The zero-order chi connectivity index (χ0) is 16.4. The number of ether oxygens (including phenoxy) is 1. The summed E-state index contributed by atoms with van der Waals surface area (Å²) in [6, 6.07) is -0.834. The second kappa shape index (κ2) is 6.40. The van der Waals surface area contributed by atoms with E-state index in [1.165, 1.54) is 0 Å². The van der Waals surface area contributed by atoms with E-state index in [1.54, 1.807) is 0 Å². The van der Waals surface area contributed by atoms with Crippen LogP contribution >= 0.6 is 0 Å². The summed E-state index contributed by atoms with van der Waals surface area (Å²) in [7, 11) is 0. The highest BCUT2D eigenvalue weighted by atomic mass is 16.6. The Bertz CT molecular complexity index is 507. The van der Waals surface area contributed by atoms with Crippen molar-refractivity contribution in [1.82, 2.24) is 10.2 Å². The number of aliphatic carboxylic acids is 1. The van der Waals surface area contributed by atoms with Crippen LogP contribution in [0.2, 0.25) is 0 Å². The standard InChI is InChI=1S/C12H16N2O8/c15-4-6-8(18)9(19)11(22-6)14-3-5(1-2-7(16)17)10(20)13-12(14)21/h1-2,5-6,8-9,11,15,18-19H,3-4H2,(H,16,17)(H,13,20,21)/b2-1+/t5?,6-,8-,9-,11-/m1/s1. The number of nitrogens with zero attached hydrogens (tertiary/aromatic N) is 1. The molecule has 2 saturated heterocycles. The number of amides is 3. The maximum Gasteiger partial charge on any atom is 0.328 e. The molecule has 0 radical (unpaired) electrons. The number of carboxylic acids is 1. The summed E-state index contributed by atoms with van der Waals surface area (Å²) in [5.74, 6) is -2.86. The molecular formula is C12H16N2O8. The third kappa shape index (κ3) is 3.09. The largest absolute Gasteiger partial charge is 0.478 e. The van der Waals surface area contributed by atoms with Gasteiger partial charge in [-0.25, -0.2) is 9.59 Å². The summed E-state index contributed by atoms with van der Waals surface area (Å²) in [6.45, 7) is -0.771. The van der Waals surface area contributed by atoms with Crippen LogP contribution in [0.4, 0.5) is 4.79 Å². The number of carbonyl (C=O) groups excluding carboxylic acids is 2. The first-order valence-electron chi connectivity index (χ1n) is 6.50. The normalized spacial score (nSPS) is 36.0. The smallest absolute Gasteiger partial charge is 0.328 e. The van der Waals surface area contributed by atoms with Crippen molar-refractivity contribution in [3.8, 4) is 0 Å². The topological polar surface area (TPSA) is 157 Å². The first kappa shape index (κ1) is 16.4. The lowest BCUT2D eigenvalue weighted by molar-refractivity contribution is -0.131. The Morgan fingerprint density at radius 1 is 1.36 bits per heavy atom. The van der Waals surface area contributed by atoms with Crippen LogP contribution in [0.15, 0.2) is 12.2 Å². The van der Waals surface area contributed by atoms with Crippen molar-refractivity contribution >= 4 is 17.9 Å². The number of aliphatic hydroxyl groups excluding tert-OH is 3. The number of carbonyl (C=O) groups is 3. The van der Waals surface area contributed by atoms with Crippen LogP contribution in [-0.2, 0) is 14.3 Å². The molecule has 22 heavy (non-hydrogen) atoms. The summed E-state index contributed by atoms with van der Waals surface area (Å²) in [4.78, 5) is 35.0. The van der Waals surface area contributed by atoms with E-state index in [0.717, 1.165) is 17.1 Å². The van der Waals surface area contributed by atoms with Gasteiger partial charge in [-0.1, -0.05) is 6.08 Å². The quantitative estimate of drug-likeness (QED) is 0.349. The van der Waals surface area contributed by atoms with Crippen LogP contribution in [0.1, 0.15) is 0 Å². The van der Waals surface area contributed by atoms with E-state index in [2.05, 4.69) is 0 Å². The Kier molecular flexibility index (Phi) is 4.76. The minimum absolute atomic E-state index is 0.221. The Balaban J connectivity index is 2.14. The highest BCUT2D eigenvalue weighted by Crippen LogP contribution is 2.26. The highest BCUT2D eigenvalue weighted by molar-refractivity contribution is 5.99. The van der Waals surface area contributed by atoms with Crippen molar-refractivity contribution in [2.45, 2.75) is 24.5 Å². The fourth-order valence-corrected chi connectivity index (χ4v) is 2.35. The second-order valence-corrected chi connectivity index (χ2v) is 4.98. The van der Waals surface area contributed by atoms with Crippen molar-refractivity contribution in [3.05, 3.63) is 12.2 Å². The molecule has 3 amide bonds. The third-order valence-electron chi connectivity index (χ3n) is 3.52. The Hall–Kier alpha value is -2.01. The SMILES string of the molecule is O=C(O)/C=C/C1CN([C@@H]2O[C@H](CO)[C@@H](O)[C@H]2O)C(=O)NC1=O. The molecule has 0 bridgehead atoms. The molecule has 10 heteroatoms. The van der Waals surface area contributed by atoms with Gasteiger partial charge in [0.15, 0.2) is 6.23 Å². The van der Waals surface area contributed by atoms with Crippen LogP contribution < -0.4 is 5.32 Å². The van der Waals surface area contributed by atoms with Crippen LogP contribution in [0.5, 0.6) is 0 Å². The molecule has 0 aromatic carbocycles. The predicted molar refractivity (Wildman–Crippen MR) is 68.3 cm³/mol. The van der Waals surface area contributed by atoms with Gasteiger partial charge in [0.25, 0.3) is 0 Å². The van der Waals surface area contributed by atoms with Crippen LogP contribution in [0.25, 0.3) is 0 Å². The van der Waals surface area contributed by atoms with E-state index >= 15 is 0 Å². The van der Waals surface area contributed by atoms with Crippen molar-refractivity contribution in [1.29, 1.82) is 0 Å². The molecule has 2 aliphatic rings. The molecule has 0 aromatic rings. The fraction of sp³-hybridized carbons (Fsp3) is 0.583. The van der Waals surface area contributed by atoms with Gasteiger partial charge in [-0.3, -0.25) is 15.0 Å². The van der Waals surface area contributed by atoms with E-state index in [4.69, 9.17) is 14.9 Å². The van der Waals surface area contributed by atoms with Crippen LogP contribution in [0, 0.1) is 5.92 Å². The number of imide groups is 1. The predicted octanol–water partition coefficient (Wildman–Crippen LogP) is -2.77. The number of nitrogens with one attached hydrogen (secondary N) is 1. The zero-order valence-corrected chi connectivity index (χ0v) is 11.3. The van der Waals surface area contributed by atoms with Crippen LogP contribution in [0.3, 0.4) is 0 Å². The minimum atomic E-state index is -1.46. The van der Waals surface area contributed by atoms with E-state index in [9.17, 15) is 24.6 Å². The van der Waals surface area contributed by atoms with Gasteiger partial charge in [0.2, 0.25) is 5.91 Å². The number of urea groups is 1. The van der Waals surface area contributed by atoms with Gasteiger partial charge >= 0.3 is 12.0 Å². The van der Waals surface area contributed by atoms with Crippen LogP contribution in [-0.4, -0.2) is 80.9 Å². The molecule has 0 aliphatic carbocycles. The van der Waals surface area contributed by atoms with Gasteiger partial charge < -0.3 is 25.2 Å². The molecule has 2 aliphatic heterocycles. The summed E-state index contributed by atoms with van der Waals surface area (Å²) in [5.41, 5.74) is 0. The highest BCUT2D eigenvalue weighted by Gasteiger charge is 2.48. The van der Waals surface area contributed by atoms with Gasteiger partial charge in [0, 0.05) is 12.6 Å². The molecule has 1 unspecified atom stereocenters. The Labute approximate surface area is 124 Å². The molecular weight excluding hydrogens is 300 g/mol. The maximum absolute atomic E-state index is 11.8. The summed E-state index contributed by atoms with van der Waals surface area (Å²) < 4.78 is 5.22. The van der Waals surface area contributed by atoms with Crippen molar-refractivity contribution < 1.29 is 39.5 Å². The van der Waals surface area contributed by atoms with E-state index in [0.29, 0.717) is 0 Å². The average molecular weight is 316 g/mol. The molecule has 0 spiro atoms. The summed E-state index contributed by atoms with van der Waals surface area (Å²) in [5, 5.41) is 39.2. The lowest BCUT2D eigenvalue weighted by Crippen LogP contribution is -2.59. The minimum Gasteiger partial charge on any atom is -0.478 e. The molecule has 5 atom stereocenters. The molecule has 2 heterocycles. The molecule has 0 aromatic heterocycles. The van der Waals surface area contributed by atoms with Gasteiger partial charge in [-0.2, -0.15) is 0 Å². The first-order valence-corrected chi connectivity index (χ1v) is 6.50. The molecule has 10 nitrogen and oxygen atoms in total. The zero-order valence-electron chi connectivity index (χ0n) is 11.3. The molecule has 5 N–H and O–H groups in total. The first-order chi connectivity index (χ1) is 10.3. The number of hydrogen-bond donors (Lipinski definition) is 5. The second-order valence-electron chi connectivity index (χ2n) is 4.98. The lowest BCUT2D eigenvalue weighted by atomic mass is 10.0. The number of rotatable bonds is 4. The summed E-state index contributed by atoms with van der Waals surface area (Å²) >= 11 is 0. The molecule has 122 valence electrons. The lowest BCUT2D eigenvalue weighted by Gasteiger charge is -2.35. The number of hydrogen-bond acceptors (Lipinski definition) is 7. The van der Waals surface area contributed by atoms with E-state index < -0.39 is 55.0 Å².